The van der Waals surface area contributed by atoms with Gasteiger partial charge in [-0.15, -0.1) is 11.8 Å². The Labute approximate surface area is 190 Å². The lowest BCUT2D eigenvalue weighted by atomic mass is 9.96. The van der Waals surface area contributed by atoms with Gasteiger partial charge in [0, 0.05) is 37.0 Å². The molecule has 0 spiro atoms. The molecule has 3 rings (SSSR count). The molecule has 0 radical (unpaired) electrons. The van der Waals surface area contributed by atoms with Crippen molar-refractivity contribution >= 4 is 35.1 Å². The number of nitrogens with one attached hydrogen (secondary N) is 1. The second kappa shape index (κ2) is 10.9. The summed E-state index contributed by atoms with van der Waals surface area (Å²) in [4.78, 5) is 41.6. The normalized spacial score (nSPS) is 14.1. The number of anilines is 1. The molecule has 2 aromatic rings. The number of hydrogen-bond acceptors (Lipinski definition) is 7. The molecule has 0 saturated carbocycles. The molecular formula is C22H26N4O5S. The number of piperidine rings is 1. The van der Waals surface area contributed by atoms with Crippen LogP contribution in [-0.4, -0.2) is 52.6 Å². The zero-order valence-electron chi connectivity index (χ0n) is 18.1. The first kappa shape index (κ1) is 23.5. The number of aryl methyl sites for hydroxylation is 1. The summed E-state index contributed by atoms with van der Waals surface area (Å²) >= 11 is 1.41. The van der Waals surface area contributed by atoms with Gasteiger partial charge in [-0.05, 0) is 43.0 Å². The first-order chi connectivity index (χ1) is 15.4. The number of carbonyl (C=O) groups is 2. The number of likely N-dealkylation sites (tertiary alicyclic amines) is 1. The number of thioether (sulfide) groups is 1. The van der Waals surface area contributed by atoms with Crippen LogP contribution in [0.3, 0.4) is 0 Å². The third-order valence-electron chi connectivity index (χ3n) is 5.32. The second-order valence-electron chi connectivity index (χ2n) is 7.62. The van der Waals surface area contributed by atoms with E-state index in [9.17, 15) is 19.7 Å². The monoisotopic (exact) mass is 458 g/mol. The number of nitrogens with zero attached hydrogens (tertiary/aromatic N) is 3. The van der Waals surface area contributed by atoms with Crippen LogP contribution < -0.4 is 10.1 Å². The lowest BCUT2D eigenvalue weighted by Crippen LogP contribution is -2.42. The van der Waals surface area contributed by atoms with E-state index >= 15 is 0 Å². The van der Waals surface area contributed by atoms with Crippen LogP contribution in [0.25, 0.3) is 0 Å². The molecule has 2 amide bonds. The third-order valence-corrected chi connectivity index (χ3v) is 6.30. The molecule has 0 bridgehead atoms. The highest BCUT2D eigenvalue weighted by molar-refractivity contribution is 7.99. The maximum Gasteiger partial charge on any atom is 0.311 e. The molecule has 1 N–H and O–H groups in total. The van der Waals surface area contributed by atoms with Gasteiger partial charge in [-0.2, -0.15) is 0 Å². The number of ether oxygens (including phenoxy) is 1. The summed E-state index contributed by atoms with van der Waals surface area (Å²) in [6.07, 6.45) is 2.93. The van der Waals surface area contributed by atoms with Gasteiger partial charge in [0.1, 0.15) is 5.82 Å². The summed E-state index contributed by atoms with van der Waals surface area (Å²) in [7, 11) is 1.39. The van der Waals surface area contributed by atoms with Crippen LogP contribution in [0.15, 0.2) is 36.5 Å². The van der Waals surface area contributed by atoms with Crippen LogP contribution in [0.4, 0.5) is 11.5 Å². The van der Waals surface area contributed by atoms with Gasteiger partial charge in [0.25, 0.3) is 0 Å². The number of methoxy groups -OCH3 is 1. The molecule has 0 atom stereocenters. The minimum absolute atomic E-state index is 0.0112. The lowest BCUT2D eigenvalue weighted by molar-refractivity contribution is -0.385. The molecule has 1 saturated heterocycles. The van der Waals surface area contributed by atoms with Gasteiger partial charge in [-0.25, -0.2) is 4.98 Å². The molecule has 2 heterocycles. The van der Waals surface area contributed by atoms with Crippen molar-refractivity contribution in [2.75, 3.05) is 31.3 Å². The Bertz CT molecular complexity index is 975. The van der Waals surface area contributed by atoms with Crippen LogP contribution in [0.5, 0.6) is 5.75 Å². The number of nitro groups is 1. The van der Waals surface area contributed by atoms with Crippen molar-refractivity contribution in [3.05, 3.63) is 57.8 Å². The van der Waals surface area contributed by atoms with Crippen molar-refractivity contribution in [2.45, 2.75) is 25.5 Å². The predicted octanol–water partition coefficient (Wildman–Crippen LogP) is 3.42. The minimum atomic E-state index is -0.479. The van der Waals surface area contributed by atoms with E-state index in [-0.39, 0.29) is 34.9 Å². The SMILES string of the molecule is COc1ccc(CSCC(=O)N2CCC(C(=O)Nc3ccc(C)cn3)CC2)cc1[N+](=O)[O-]. The number of amides is 2. The van der Waals surface area contributed by atoms with E-state index < -0.39 is 4.92 Å². The summed E-state index contributed by atoms with van der Waals surface area (Å²) in [5.41, 5.74) is 1.70. The van der Waals surface area contributed by atoms with Crippen LogP contribution in [0.2, 0.25) is 0 Å². The largest absolute Gasteiger partial charge is 0.490 e. The van der Waals surface area contributed by atoms with E-state index in [0.29, 0.717) is 37.5 Å². The molecule has 0 unspecified atom stereocenters. The van der Waals surface area contributed by atoms with E-state index in [1.807, 2.05) is 13.0 Å². The standard InChI is InChI=1S/C22H26N4O5S/c1-15-3-6-20(23-12-15)24-22(28)17-7-9-25(10-8-17)21(27)14-32-13-16-4-5-19(31-2)18(11-16)26(29)30/h3-6,11-12,17H,7-10,13-14H2,1-2H3,(H,23,24,28). The Hall–Kier alpha value is -3.14. The van der Waals surface area contributed by atoms with Gasteiger partial charge in [-0.3, -0.25) is 19.7 Å². The zero-order valence-corrected chi connectivity index (χ0v) is 18.9. The van der Waals surface area contributed by atoms with Gasteiger partial charge in [0.2, 0.25) is 11.8 Å². The highest BCUT2D eigenvalue weighted by Gasteiger charge is 2.27. The second-order valence-corrected chi connectivity index (χ2v) is 8.61. The molecule has 1 aromatic heterocycles. The highest BCUT2D eigenvalue weighted by atomic mass is 32.2. The van der Waals surface area contributed by atoms with Gasteiger partial charge in [0.05, 0.1) is 17.8 Å². The number of aromatic nitrogens is 1. The molecule has 0 aliphatic carbocycles. The van der Waals surface area contributed by atoms with E-state index in [4.69, 9.17) is 4.74 Å². The summed E-state index contributed by atoms with van der Waals surface area (Å²) in [5.74, 6) is 1.32. The number of rotatable bonds is 8. The Morgan fingerprint density at radius 2 is 2.03 bits per heavy atom. The Balaban J connectivity index is 1.42. The molecule has 1 aromatic carbocycles. The van der Waals surface area contributed by atoms with Crippen LogP contribution >= 0.6 is 11.8 Å². The van der Waals surface area contributed by atoms with Crippen molar-refractivity contribution in [1.82, 2.24) is 9.88 Å². The van der Waals surface area contributed by atoms with Crippen molar-refractivity contribution < 1.29 is 19.2 Å². The first-order valence-corrected chi connectivity index (χ1v) is 11.4. The summed E-state index contributed by atoms with van der Waals surface area (Å²) in [6, 6.07) is 8.48. The van der Waals surface area contributed by atoms with Crippen LogP contribution in [0, 0.1) is 23.0 Å². The quantitative estimate of drug-likeness (QED) is 0.476. The molecule has 1 aliphatic heterocycles. The Kier molecular flexibility index (Phi) is 8.04. The van der Waals surface area contributed by atoms with Crippen molar-refractivity contribution in [2.24, 2.45) is 5.92 Å². The average Bonchev–Trinajstić information content (AvgIpc) is 2.80. The van der Waals surface area contributed by atoms with Crippen molar-refractivity contribution in [1.29, 1.82) is 0 Å². The summed E-state index contributed by atoms with van der Waals surface area (Å²) < 4.78 is 5.01. The fourth-order valence-corrected chi connectivity index (χ4v) is 4.35. The topological polar surface area (TPSA) is 115 Å². The fourth-order valence-electron chi connectivity index (χ4n) is 3.48. The number of pyridine rings is 1. The van der Waals surface area contributed by atoms with Gasteiger partial charge in [-0.1, -0.05) is 12.1 Å². The smallest absolute Gasteiger partial charge is 0.311 e. The van der Waals surface area contributed by atoms with E-state index in [0.717, 1.165) is 11.1 Å². The van der Waals surface area contributed by atoms with Gasteiger partial charge < -0.3 is 15.0 Å². The summed E-state index contributed by atoms with van der Waals surface area (Å²) in [5, 5.41) is 14.0. The van der Waals surface area contributed by atoms with E-state index in [2.05, 4.69) is 10.3 Å². The van der Waals surface area contributed by atoms with Gasteiger partial charge in [0.15, 0.2) is 5.75 Å². The average molecular weight is 459 g/mol. The van der Waals surface area contributed by atoms with Crippen LogP contribution in [0.1, 0.15) is 24.0 Å². The van der Waals surface area contributed by atoms with E-state index in [1.165, 1.54) is 24.9 Å². The molecule has 170 valence electrons. The highest BCUT2D eigenvalue weighted by Crippen LogP contribution is 2.29. The number of hydrogen-bond donors (Lipinski definition) is 1. The van der Waals surface area contributed by atoms with Crippen molar-refractivity contribution in [3.63, 3.8) is 0 Å². The number of carbonyl (C=O) groups excluding carboxylic acids is 2. The Morgan fingerprint density at radius 3 is 2.66 bits per heavy atom. The molecule has 1 aliphatic rings. The van der Waals surface area contributed by atoms with E-state index in [1.54, 1.807) is 29.3 Å². The lowest BCUT2D eigenvalue weighted by Gasteiger charge is -2.31. The fraction of sp³-hybridized carbons (Fsp3) is 0.409. The maximum atomic E-state index is 12.5. The number of nitro benzene ring substituents is 1. The molecular weight excluding hydrogens is 432 g/mol. The number of benzene rings is 1. The van der Waals surface area contributed by atoms with Gasteiger partial charge >= 0.3 is 5.69 Å². The minimum Gasteiger partial charge on any atom is -0.490 e. The Morgan fingerprint density at radius 1 is 1.28 bits per heavy atom. The summed E-state index contributed by atoms with van der Waals surface area (Å²) in [6.45, 7) is 3.00. The first-order valence-electron chi connectivity index (χ1n) is 10.3. The predicted molar refractivity (Wildman–Crippen MR) is 123 cm³/mol. The van der Waals surface area contributed by atoms with Crippen LogP contribution in [-0.2, 0) is 15.3 Å². The molecule has 9 nitrogen and oxygen atoms in total. The zero-order chi connectivity index (χ0) is 23.1. The molecule has 10 heteroatoms. The maximum absolute atomic E-state index is 12.5. The van der Waals surface area contributed by atoms with Crippen molar-refractivity contribution in [3.8, 4) is 5.75 Å². The molecule has 32 heavy (non-hydrogen) atoms. The third kappa shape index (κ3) is 6.19. The molecule has 1 fully saturated rings.